The molecule has 0 bridgehead atoms. The van der Waals surface area contributed by atoms with Gasteiger partial charge in [0.1, 0.15) is 6.10 Å². The second kappa shape index (κ2) is 5.76. The summed E-state index contributed by atoms with van der Waals surface area (Å²) >= 11 is 0. The first kappa shape index (κ1) is 13.4. The zero-order valence-electron chi connectivity index (χ0n) is 11.8. The maximum absolute atomic E-state index is 5.61. The summed E-state index contributed by atoms with van der Waals surface area (Å²) in [5.41, 5.74) is 3.70. The standard InChI is InChI=1S/C14H23N3O/c1-5-18-10(4)14-16-12-8-15-7-6-11(12)13(17-14)9(2)3/h9-10,15H,5-8H2,1-4H3. The number of aromatic nitrogens is 2. The van der Waals surface area contributed by atoms with Crippen molar-refractivity contribution in [2.45, 2.75) is 52.7 Å². The smallest absolute Gasteiger partial charge is 0.157 e. The molecule has 2 heterocycles. The first-order valence-electron chi connectivity index (χ1n) is 6.85. The van der Waals surface area contributed by atoms with Gasteiger partial charge in [0, 0.05) is 13.2 Å². The largest absolute Gasteiger partial charge is 0.371 e. The number of nitrogens with zero attached hydrogens (tertiary/aromatic N) is 2. The highest BCUT2D eigenvalue weighted by Gasteiger charge is 2.21. The molecule has 1 aliphatic heterocycles. The van der Waals surface area contributed by atoms with Crippen LogP contribution in [-0.4, -0.2) is 23.1 Å². The Kier molecular flexibility index (Phi) is 4.30. The normalized spacial score (nSPS) is 16.7. The van der Waals surface area contributed by atoms with Crippen LogP contribution in [0, 0.1) is 0 Å². The summed E-state index contributed by atoms with van der Waals surface area (Å²) in [5, 5.41) is 3.37. The Hall–Kier alpha value is -1.00. The van der Waals surface area contributed by atoms with E-state index < -0.39 is 0 Å². The molecule has 18 heavy (non-hydrogen) atoms. The molecule has 0 saturated carbocycles. The fraction of sp³-hybridized carbons (Fsp3) is 0.714. The molecule has 4 nitrogen and oxygen atoms in total. The Bertz CT molecular complexity index is 418. The summed E-state index contributed by atoms with van der Waals surface area (Å²) in [6.45, 7) is 11.0. The van der Waals surface area contributed by atoms with Crippen molar-refractivity contribution in [3.63, 3.8) is 0 Å². The van der Waals surface area contributed by atoms with Crippen LogP contribution in [0.25, 0.3) is 0 Å². The average molecular weight is 249 g/mol. The van der Waals surface area contributed by atoms with Crippen molar-refractivity contribution >= 4 is 0 Å². The fourth-order valence-electron chi connectivity index (χ4n) is 2.39. The lowest BCUT2D eigenvalue weighted by Crippen LogP contribution is -2.28. The maximum Gasteiger partial charge on any atom is 0.157 e. The van der Waals surface area contributed by atoms with Gasteiger partial charge in [-0.3, -0.25) is 0 Å². The van der Waals surface area contributed by atoms with E-state index in [0.717, 1.165) is 31.0 Å². The van der Waals surface area contributed by atoms with Crippen LogP contribution in [0.2, 0.25) is 0 Å². The van der Waals surface area contributed by atoms with Gasteiger partial charge in [-0.2, -0.15) is 0 Å². The molecule has 1 atom stereocenters. The Morgan fingerprint density at radius 2 is 2.06 bits per heavy atom. The molecule has 100 valence electrons. The van der Waals surface area contributed by atoms with E-state index >= 15 is 0 Å². The van der Waals surface area contributed by atoms with Crippen LogP contribution in [-0.2, 0) is 17.7 Å². The molecule has 0 amide bonds. The molecule has 0 saturated heterocycles. The third-order valence-electron chi connectivity index (χ3n) is 3.31. The first-order chi connectivity index (χ1) is 8.63. The van der Waals surface area contributed by atoms with E-state index in [2.05, 4.69) is 24.1 Å². The molecule has 4 heteroatoms. The molecule has 0 radical (unpaired) electrons. The van der Waals surface area contributed by atoms with E-state index in [9.17, 15) is 0 Å². The quantitative estimate of drug-likeness (QED) is 0.889. The van der Waals surface area contributed by atoms with Crippen LogP contribution in [0.15, 0.2) is 0 Å². The third kappa shape index (κ3) is 2.70. The zero-order chi connectivity index (χ0) is 13.1. The minimum Gasteiger partial charge on any atom is -0.371 e. The second-order valence-electron chi connectivity index (χ2n) is 5.07. The molecule has 1 aromatic rings. The monoisotopic (exact) mass is 249 g/mol. The fourth-order valence-corrected chi connectivity index (χ4v) is 2.39. The topological polar surface area (TPSA) is 47.0 Å². The summed E-state index contributed by atoms with van der Waals surface area (Å²) in [4.78, 5) is 9.42. The Labute approximate surface area is 109 Å². The number of hydrogen-bond donors (Lipinski definition) is 1. The molecular formula is C14H23N3O. The lowest BCUT2D eigenvalue weighted by molar-refractivity contribution is 0.0695. The van der Waals surface area contributed by atoms with Crippen molar-refractivity contribution in [2.75, 3.05) is 13.2 Å². The van der Waals surface area contributed by atoms with E-state index in [4.69, 9.17) is 9.72 Å². The van der Waals surface area contributed by atoms with Crippen LogP contribution >= 0.6 is 0 Å². The van der Waals surface area contributed by atoms with E-state index in [1.165, 1.54) is 11.3 Å². The lowest BCUT2D eigenvalue weighted by Gasteiger charge is -2.23. The van der Waals surface area contributed by atoms with Gasteiger partial charge in [0.2, 0.25) is 0 Å². The Morgan fingerprint density at radius 1 is 1.28 bits per heavy atom. The van der Waals surface area contributed by atoms with Gasteiger partial charge in [-0.15, -0.1) is 0 Å². The third-order valence-corrected chi connectivity index (χ3v) is 3.31. The predicted octanol–water partition coefficient (Wildman–Crippen LogP) is 2.34. The van der Waals surface area contributed by atoms with Crippen molar-refractivity contribution < 1.29 is 4.74 Å². The SMILES string of the molecule is CCOC(C)c1nc2c(c(C(C)C)n1)CCNC2. The summed E-state index contributed by atoms with van der Waals surface area (Å²) < 4.78 is 5.61. The van der Waals surface area contributed by atoms with Crippen molar-refractivity contribution in [1.82, 2.24) is 15.3 Å². The minimum absolute atomic E-state index is 0.0280. The van der Waals surface area contributed by atoms with Crippen molar-refractivity contribution in [3.05, 3.63) is 22.8 Å². The van der Waals surface area contributed by atoms with Crippen LogP contribution in [0.4, 0.5) is 0 Å². The van der Waals surface area contributed by atoms with Gasteiger partial charge in [0.15, 0.2) is 5.82 Å². The molecular weight excluding hydrogens is 226 g/mol. The molecule has 0 aromatic carbocycles. The van der Waals surface area contributed by atoms with Gasteiger partial charge in [0.25, 0.3) is 0 Å². The van der Waals surface area contributed by atoms with Gasteiger partial charge in [-0.1, -0.05) is 13.8 Å². The molecule has 2 rings (SSSR count). The van der Waals surface area contributed by atoms with Crippen molar-refractivity contribution in [3.8, 4) is 0 Å². The van der Waals surface area contributed by atoms with E-state index in [-0.39, 0.29) is 6.10 Å². The van der Waals surface area contributed by atoms with E-state index in [1.54, 1.807) is 0 Å². The van der Waals surface area contributed by atoms with Crippen LogP contribution in [0.1, 0.15) is 62.5 Å². The summed E-state index contributed by atoms with van der Waals surface area (Å²) in [6.07, 6.45) is 1.01. The number of ether oxygens (including phenoxy) is 1. The summed E-state index contributed by atoms with van der Waals surface area (Å²) in [7, 11) is 0. The van der Waals surface area contributed by atoms with E-state index in [0.29, 0.717) is 12.5 Å². The van der Waals surface area contributed by atoms with Gasteiger partial charge >= 0.3 is 0 Å². The molecule has 0 aliphatic carbocycles. The maximum atomic E-state index is 5.61. The van der Waals surface area contributed by atoms with Gasteiger partial charge < -0.3 is 10.1 Å². The Balaban J connectivity index is 2.41. The number of fused-ring (bicyclic) bond motifs is 1. The summed E-state index contributed by atoms with van der Waals surface area (Å²) in [5.74, 6) is 1.26. The molecule has 1 aliphatic rings. The van der Waals surface area contributed by atoms with Gasteiger partial charge in [-0.05, 0) is 38.3 Å². The van der Waals surface area contributed by atoms with Crippen molar-refractivity contribution in [1.29, 1.82) is 0 Å². The van der Waals surface area contributed by atoms with Gasteiger partial charge in [0.05, 0.1) is 11.4 Å². The highest BCUT2D eigenvalue weighted by molar-refractivity contribution is 5.30. The highest BCUT2D eigenvalue weighted by atomic mass is 16.5. The predicted molar refractivity (Wildman–Crippen MR) is 71.6 cm³/mol. The second-order valence-corrected chi connectivity index (χ2v) is 5.07. The molecule has 0 spiro atoms. The van der Waals surface area contributed by atoms with Crippen LogP contribution < -0.4 is 5.32 Å². The van der Waals surface area contributed by atoms with E-state index in [1.807, 2.05) is 13.8 Å². The lowest BCUT2D eigenvalue weighted by atomic mass is 9.97. The minimum atomic E-state index is -0.0280. The number of nitrogens with one attached hydrogen (secondary N) is 1. The van der Waals surface area contributed by atoms with Crippen LogP contribution in [0.5, 0.6) is 0 Å². The Morgan fingerprint density at radius 3 is 2.72 bits per heavy atom. The molecule has 1 aromatic heterocycles. The average Bonchev–Trinajstić information content (AvgIpc) is 2.37. The zero-order valence-corrected chi connectivity index (χ0v) is 11.8. The summed E-state index contributed by atoms with van der Waals surface area (Å²) in [6, 6.07) is 0. The molecule has 1 N–H and O–H groups in total. The van der Waals surface area contributed by atoms with Crippen LogP contribution in [0.3, 0.4) is 0 Å². The number of rotatable bonds is 4. The van der Waals surface area contributed by atoms with Gasteiger partial charge in [-0.25, -0.2) is 9.97 Å². The van der Waals surface area contributed by atoms with Crippen molar-refractivity contribution in [2.24, 2.45) is 0 Å². The highest BCUT2D eigenvalue weighted by Crippen LogP contribution is 2.25. The first-order valence-corrected chi connectivity index (χ1v) is 6.85. The number of hydrogen-bond acceptors (Lipinski definition) is 4. The molecule has 0 fully saturated rings. The molecule has 1 unspecified atom stereocenters.